The van der Waals surface area contributed by atoms with Crippen molar-refractivity contribution in [3.05, 3.63) is 0 Å². The van der Waals surface area contributed by atoms with Crippen molar-refractivity contribution < 1.29 is 35.8 Å². The number of nitrogens with one attached hydrogen (secondary N) is 1. The first-order valence-electron chi connectivity index (χ1n) is 1.37. The Bertz CT molecular complexity index is 82.2. The molecule has 0 bridgehead atoms. The summed E-state index contributed by atoms with van der Waals surface area (Å²) < 4.78 is 0.736. The Morgan fingerprint density at radius 3 is 2.12 bits per heavy atom. The smallest absolute Gasteiger partial charge is 1.00 e. The van der Waals surface area contributed by atoms with Crippen LogP contribution in [-0.2, 0) is 0 Å². The summed E-state index contributed by atoms with van der Waals surface area (Å²) in [6, 6.07) is -0.563. The Balaban J connectivity index is -0.000000180. The molecule has 0 unspecified atom stereocenters. The quantitative estimate of drug-likeness (QED) is 0.0993. The first kappa shape index (κ1) is 11.7. The van der Waals surface area contributed by atoms with Gasteiger partial charge in [-0.15, -0.1) is 0 Å². The molecule has 0 radical (unpaired) electrons. The van der Waals surface area contributed by atoms with Gasteiger partial charge in [-0.25, -0.2) is 14.3 Å². The number of amides is 2. The SMILES string of the molecule is NNC(=O)N(S)S.[H-].[Na+]. The van der Waals surface area contributed by atoms with Crippen molar-refractivity contribution in [3.63, 3.8) is 0 Å². The third-order valence-electron chi connectivity index (χ3n) is 0.305. The van der Waals surface area contributed by atoms with Gasteiger partial charge in [0.2, 0.25) is 0 Å². The van der Waals surface area contributed by atoms with Gasteiger partial charge < -0.3 is 1.43 Å². The summed E-state index contributed by atoms with van der Waals surface area (Å²) in [6.45, 7) is 0. The second-order valence-electron chi connectivity index (χ2n) is 0.739. The Labute approximate surface area is 82.0 Å². The van der Waals surface area contributed by atoms with Gasteiger partial charge in [0, 0.05) is 0 Å². The first-order valence-corrected chi connectivity index (χ1v) is 2.17. The van der Waals surface area contributed by atoms with Crippen LogP contribution in [0, 0.1) is 0 Å². The normalized spacial score (nSPS) is 6.88. The minimum absolute atomic E-state index is 0. The van der Waals surface area contributed by atoms with Crippen LogP contribution >= 0.6 is 25.6 Å². The number of carbonyl (C=O) groups excluding carboxylic acids is 1. The molecule has 0 aromatic rings. The molecule has 0 atom stereocenters. The zero-order chi connectivity index (χ0) is 5.86. The summed E-state index contributed by atoms with van der Waals surface area (Å²) in [5.41, 5.74) is 1.80. The standard InChI is InChI=1S/CH5N3OS2.Na.H/c2-3-1(5)4(6)7;;/h6-7H,2H2,(H,3,5);;/q;+1;-1. The molecule has 3 N–H and O–H groups in total. The van der Waals surface area contributed by atoms with Crippen LogP contribution in [0.4, 0.5) is 4.79 Å². The third kappa shape index (κ3) is 5.07. The van der Waals surface area contributed by atoms with E-state index in [1.807, 2.05) is 0 Å². The number of nitrogens with two attached hydrogens (primary N) is 1. The zero-order valence-electron chi connectivity index (χ0n) is 5.33. The summed E-state index contributed by atoms with van der Waals surface area (Å²) in [6.07, 6.45) is 0. The summed E-state index contributed by atoms with van der Waals surface area (Å²) in [5, 5.41) is 0. The number of hydrogen-bond donors (Lipinski definition) is 4. The van der Waals surface area contributed by atoms with Crippen LogP contribution < -0.4 is 40.8 Å². The van der Waals surface area contributed by atoms with Gasteiger partial charge in [-0.2, -0.15) is 0 Å². The van der Waals surface area contributed by atoms with E-state index >= 15 is 0 Å². The molecule has 0 spiro atoms. The van der Waals surface area contributed by atoms with Crippen molar-refractivity contribution in [2.75, 3.05) is 0 Å². The van der Waals surface area contributed by atoms with Crippen LogP contribution in [0.3, 0.4) is 0 Å². The number of thiol groups is 2. The monoisotopic (exact) mass is 163 g/mol. The fourth-order valence-electron chi connectivity index (χ4n) is 0.0577. The second kappa shape index (κ2) is 6.06. The van der Waals surface area contributed by atoms with E-state index in [2.05, 4.69) is 31.5 Å². The largest absolute Gasteiger partial charge is 1.00 e. The molecule has 0 aliphatic carbocycles. The minimum Gasteiger partial charge on any atom is -1.00 e. The molecule has 0 rings (SSSR count). The number of carbonyl (C=O) groups is 1. The van der Waals surface area contributed by atoms with Gasteiger partial charge in [0.1, 0.15) is 0 Å². The predicted molar refractivity (Wildman–Crippen MR) is 33.6 cm³/mol. The van der Waals surface area contributed by atoms with Crippen LogP contribution in [0.1, 0.15) is 1.43 Å². The van der Waals surface area contributed by atoms with Gasteiger partial charge in [0.25, 0.3) is 0 Å². The van der Waals surface area contributed by atoms with Crippen molar-refractivity contribution in [1.82, 2.24) is 9.14 Å². The molecule has 0 aliphatic heterocycles. The number of rotatable bonds is 0. The molecule has 0 aromatic heterocycles. The molecule has 0 saturated carbocycles. The second-order valence-corrected chi connectivity index (χ2v) is 1.85. The fraction of sp³-hybridized carbons (Fsp3) is 0. The van der Waals surface area contributed by atoms with E-state index in [9.17, 15) is 4.79 Å². The van der Waals surface area contributed by atoms with Crippen molar-refractivity contribution in [3.8, 4) is 0 Å². The van der Waals surface area contributed by atoms with E-state index in [1.54, 1.807) is 5.43 Å². The zero-order valence-corrected chi connectivity index (χ0v) is 8.12. The van der Waals surface area contributed by atoms with Gasteiger partial charge in [-0.3, -0.25) is 5.43 Å². The molecule has 2 amide bonds. The fourth-order valence-corrected chi connectivity index (χ4v) is 0.173. The maximum absolute atomic E-state index is 10.0. The van der Waals surface area contributed by atoms with E-state index in [0.29, 0.717) is 0 Å². The molecule has 0 aromatic carbocycles. The van der Waals surface area contributed by atoms with Crippen LogP contribution in [0.2, 0.25) is 0 Å². The first-order chi connectivity index (χ1) is 3.18. The van der Waals surface area contributed by atoms with E-state index in [0.717, 1.165) is 3.71 Å². The third-order valence-corrected chi connectivity index (χ3v) is 0.668. The topological polar surface area (TPSA) is 58.4 Å². The van der Waals surface area contributed by atoms with E-state index in [4.69, 9.17) is 0 Å². The summed E-state index contributed by atoms with van der Waals surface area (Å²) >= 11 is 6.96. The Morgan fingerprint density at radius 2 is 2.12 bits per heavy atom. The predicted octanol–water partition coefficient (Wildman–Crippen LogP) is -3.32. The van der Waals surface area contributed by atoms with Crippen LogP contribution in [0.15, 0.2) is 0 Å². The van der Waals surface area contributed by atoms with Crippen molar-refractivity contribution >= 4 is 31.7 Å². The molecule has 7 heteroatoms. The Kier molecular flexibility index (Phi) is 8.85. The molecule has 4 nitrogen and oxygen atoms in total. The average Bonchev–Trinajstić information content (AvgIpc) is 1.65. The summed E-state index contributed by atoms with van der Waals surface area (Å²) in [4.78, 5) is 10.0. The van der Waals surface area contributed by atoms with Crippen LogP contribution in [0.25, 0.3) is 0 Å². The molecular weight excluding hydrogens is 157 g/mol. The molecule has 0 aliphatic rings. The molecular formula is CH6N3NaOS2. The van der Waals surface area contributed by atoms with E-state index < -0.39 is 6.03 Å². The average molecular weight is 163 g/mol. The molecule has 8 heavy (non-hydrogen) atoms. The number of nitrogens with zero attached hydrogens (tertiary/aromatic N) is 1. The maximum atomic E-state index is 10.0. The van der Waals surface area contributed by atoms with Gasteiger partial charge in [0.05, 0.1) is 0 Å². The number of hydrazine groups is 1. The van der Waals surface area contributed by atoms with E-state index in [-0.39, 0.29) is 31.0 Å². The molecule has 44 valence electrons. The van der Waals surface area contributed by atoms with Crippen molar-refractivity contribution in [1.29, 1.82) is 0 Å². The summed E-state index contributed by atoms with van der Waals surface area (Å²) in [5.74, 6) is 4.63. The Hall–Kier alpha value is 0.930. The van der Waals surface area contributed by atoms with Crippen molar-refractivity contribution in [2.45, 2.75) is 0 Å². The van der Waals surface area contributed by atoms with Crippen molar-refractivity contribution in [2.24, 2.45) is 5.84 Å². The molecule has 0 fully saturated rings. The minimum atomic E-state index is -0.563. The Morgan fingerprint density at radius 1 is 1.75 bits per heavy atom. The number of urea groups is 1. The van der Waals surface area contributed by atoms with Gasteiger partial charge in [0.15, 0.2) is 0 Å². The van der Waals surface area contributed by atoms with Crippen LogP contribution in [-0.4, -0.2) is 9.74 Å². The molecule has 0 heterocycles. The summed E-state index contributed by atoms with van der Waals surface area (Å²) in [7, 11) is 0. The van der Waals surface area contributed by atoms with Gasteiger partial charge in [-0.05, 0) is 0 Å². The van der Waals surface area contributed by atoms with Crippen LogP contribution in [0.5, 0.6) is 0 Å². The van der Waals surface area contributed by atoms with Gasteiger partial charge in [-0.1, -0.05) is 25.6 Å². The number of hydrogen-bond acceptors (Lipinski definition) is 4. The van der Waals surface area contributed by atoms with E-state index in [1.165, 1.54) is 0 Å². The maximum Gasteiger partial charge on any atom is 1.00 e. The van der Waals surface area contributed by atoms with Gasteiger partial charge >= 0.3 is 35.6 Å². The molecule has 0 saturated heterocycles.